The van der Waals surface area contributed by atoms with Gasteiger partial charge in [-0.25, -0.2) is 4.79 Å². The van der Waals surface area contributed by atoms with E-state index in [1.165, 1.54) is 0 Å². The minimum atomic E-state index is -0.288. The zero-order valence-corrected chi connectivity index (χ0v) is 9.85. The minimum Gasteiger partial charge on any atom is -0.444 e. The molecule has 90 valence electrons. The lowest BCUT2D eigenvalue weighted by Gasteiger charge is -2.26. The molecule has 0 atom stereocenters. The van der Waals surface area contributed by atoms with E-state index in [-0.39, 0.29) is 6.09 Å². The number of rotatable bonds is 2. The summed E-state index contributed by atoms with van der Waals surface area (Å²) in [4.78, 5) is 13.5. The number of ether oxygens (including phenoxy) is 1. The maximum atomic E-state index is 11.8. The smallest absolute Gasteiger partial charge is 0.414 e. The van der Waals surface area contributed by atoms with Crippen molar-refractivity contribution < 1.29 is 9.53 Å². The zero-order chi connectivity index (χ0) is 12.1. The molecule has 1 aromatic carbocycles. The summed E-state index contributed by atoms with van der Waals surface area (Å²) in [5.74, 6) is 0. The first-order valence-corrected chi connectivity index (χ1v) is 5.66. The van der Waals surface area contributed by atoms with Gasteiger partial charge in [-0.15, -0.1) is 0 Å². The number of amides is 1. The average Bonchev–Trinajstić information content (AvgIpc) is 2.38. The van der Waals surface area contributed by atoms with Crippen molar-refractivity contribution in [2.75, 3.05) is 13.1 Å². The number of carbonyl (C=O) groups is 1. The molecule has 1 amide bonds. The fourth-order valence-corrected chi connectivity index (χ4v) is 1.68. The van der Waals surface area contributed by atoms with Crippen LogP contribution in [0.1, 0.15) is 12.5 Å². The van der Waals surface area contributed by atoms with E-state index in [0.29, 0.717) is 13.2 Å². The number of hydrogen-bond donors (Lipinski definition) is 1. The first kappa shape index (κ1) is 11.5. The summed E-state index contributed by atoms with van der Waals surface area (Å²) in [5, 5.41) is 3.08. The first-order valence-electron chi connectivity index (χ1n) is 5.66. The van der Waals surface area contributed by atoms with Crippen molar-refractivity contribution in [1.82, 2.24) is 10.2 Å². The summed E-state index contributed by atoms with van der Waals surface area (Å²) < 4.78 is 5.26. The standard InChI is InChI=1S/C13H16N2O2/c1-11-9-14-7-8-15(11)13(16)17-10-12-5-3-2-4-6-12/h2-6,9,14H,7-8,10H2,1H3. The lowest BCUT2D eigenvalue weighted by molar-refractivity contribution is 0.106. The Morgan fingerprint density at radius 3 is 2.88 bits per heavy atom. The molecule has 0 aromatic heterocycles. The van der Waals surface area contributed by atoms with Crippen molar-refractivity contribution in [2.24, 2.45) is 0 Å². The predicted octanol–water partition coefficient (Wildman–Crippen LogP) is 2.09. The predicted molar refractivity (Wildman–Crippen MR) is 65.1 cm³/mol. The number of nitrogens with one attached hydrogen (secondary N) is 1. The molecule has 17 heavy (non-hydrogen) atoms. The number of nitrogens with zero attached hydrogens (tertiary/aromatic N) is 1. The van der Waals surface area contributed by atoms with Crippen molar-refractivity contribution in [1.29, 1.82) is 0 Å². The van der Waals surface area contributed by atoms with Crippen LogP contribution in [0, 0.1) is 0 Å². The first-order chi connectivity index (χ1) is 8.27. The van der Waals surface area contributed by atoms with Gasteiger partial charge >= 0.3 is 6.09 Å². The van der Waals surface area contributed by atoms with E-state index in [9.17, 15) is 4.79 Å². The quantitative estimate of drug-likeness (QED) is 0.849. The molecule has 0 radical (unpaired) electrons. The molecule has 0 bridgehead atoms. The van der Waals surface area contributed by atoms with Crippen LogP contribution in [0.15, 0.2) is 42.2 Å². The van der Waals surface area contributed by atoms with Crippen LogP contribution in [-0.4, -0.2) is 24.1 Å². The summed E-state index contributed by atoms with van der Waals surface area (Å²) in [6.07, 6.45) is 1.54. The van der Waals surface area contributed by atoms with Gasteiger partial charge in [0.25, 0.3) is 0 Å². The van der Waals surface area contributed by atoms with Crippen LogP contribution in [0.3, 0.4) is 0 Å². The second-order valence-electron chi connectivity index (χ2n) is 3.93. The lowest BCUT2D eigenvalue weighted by Crippen LogP contribution is -2.39. The normalized spacial score (nSPS) is 14.9. The molecule has 0 fully saturated rings. The lowest BCUT2D eigenvalue weighted by atomic mass is 10.2. The van der Waals surface area contributed by atoms with Crippen LogP contribution in [0.4, 0.5) is 4.79 Å². The van der Waals surface area contributed by atoms with Gasteiger partial charge in [-0.05, 0) is 12.5 Å². The van der Waals surface area contributed by atoms with Crippen LogP contribution >= 0.6 is 0 Å². The molecule has 1 N–H and O–H groups in total. The van der Waals surface area contributed by atoms with Crippen molar-refractivity contribution in [3.05, 3.63) is 47.8 Å². The van der Waals surface area contributed by atoms with Gasteiger partial charge in [-0.1, -0.05) is 30.3 Å². The molecule has 4 nitrogen and oxygen atoms in total. The second-order valence-corrected chi connectivity index (χ2v) is 3.93. The monoisotopic (exact) mass is 232 g/mol. The molecule has 0 saturated heterocycles. The fraction of sp³-hybridized carbons (Fsp3) is 0.308. The third-order valence-corrected chi connectivity index (χ3v) is 2.64. The Kier molecular flexibility index (Phi) is 3.65. The van der Waals surface area contributed by atoms with Crippen LogP contribution in [0.25, 0.3) is 0 Å². The topological polar surface area (TPSA) is 41.6 Å². The van der Waals surface area contributed by atoms with E-state index in [1.54, 1.807) is 4.90 Å². The summed E-state index contributed by atoms with van der Waals surface area (Å²) in [6, 6.07) is 9.67. The SMILES string of the molecule is CC1=CNCCN1C(=O)OCc1ccccc1. The molecule has 0 aliphatic carbocycles. The second kappa shape index (κ2) is 5.39. The number of allylic oxidation sites excluding steroid dienone is 1. The molecule has 0 spiro atoms. The highest BCUT2D eigenvalue weighted by Gasteiger charge is 2.18. The van der Waals surface area contributed by atoms with Crippen molar-refractivity contribution >= 4 is 6.09 Å². The Morgan fingerprint density at radius 2 is 2.18 bits per heavy atom. The summed E-state index contributed by atoms with van der Waals surface area (Å²) in [6.45, 7) is 3.61. The summed E-state index contributed by atoms with van der Waals surface area (Å²) >= 11 is 0. The maximum Gasteiger partial charge on any atom is 0.414 e. The molecule has 1 aromatic rings. The molecule has 4 heteroatoms. The minimum absolute atomic E-state index is 0.288. The van der Waals surface area contributed by atoms with Crippen LogP contribution in [0.2, 0.25) is 0 Å². The van der Waals surface area contributed by atoms with Gasteiger partial charge in [0, 0.05) is 25.0 Å². The Balaban J connectivity index is 1.89. The number of carbonyl (C=O) groups excluding carboxylic acids is 1. The number of hydrogen-bond acceptors (Lipinski definition) is 3. The van der Waals surface area contributed by atoms with E-state index in [4.69, 9.17) is 4.74 Å². The number of benzene rings is 1. The highest BCUT2D eigenvalue weighted by Crippen LogP contribution is 2.09. The van der Waals surface area contributed by atoms with Gasteiger partial charge in [0.15, 0.2) is 0 Å². The summed E-state index contributed by atoms with van der Waals surface area (Å²) in [5.41, 5.74) is 1.88. The molecule has 1 aliphatic heterocycles. The molecule has 2 rings (SSSR count). The highest BCUT2D eigenvalue weighted by molar-refractivity contribution is 5.70. The summed E-state index contributed by atoms with van der Waals surface area (Å²) in [7, 11) is 0. The van der Waals surface area contributed by atoms with E-state index in [1.807, 2.05) is 43.5 Å². The molecular formula is C13H16N2O2. The largest absolute Gasteiger partial charge is 0.444 e. The molecule has 0 saturated carbocycles. The van der Waals surface area contributed by atoms with Gasteiger partial charge in [-0.3, -0.25) is 4.90 Å². The maximum absolute atomic E-state index is 11.8. The van der Waals surface area contributed by atoms with Gasteiger partial charge in [0.1, 0.15) is 6.61 Å². The van der Waals surface area contributed by atoms with E-state index in [2.05, 4.69) is 5.32 Å². The Bertz CT molecular complexity index is 415. The van der Waals surface area contributed by atoms with Crippen molar-refractivity contribution in [3.8, 4) is 0 Å². The van der Waals surface area contributed by atoms with E-state index in [0.717, 1.165) is 17.8 Å². The molecule has 1 aliphatic rings. The Labute approximate surface area is 101 Å². The van der Waals surface area contributed by atoms with Gasteiger partial charge < -0.3 is 10.1 Å². The fourth-order valence-electron chi connectivity index (χ4n) is 1.68. The molecule has 1 heterocycles. The highest BCUT2D eigenvalue weighted by atomic mass is 16.6. The van der Waals surface area contributed by atoms with Gasteiger partial charge in [0.2, 0.25) is 0 Å². The zero-order valence-electron chi connectivity index (χ0n) is 9.85. The molecule has 0 unspecified atom stereocenters. The Morgan fingerprint density at radius 1 is 1.41 bits per heavy atom. The van der Waals surface area contributed by atoms with Crippen molar-refractivity contribution in [2.45, 2.75) is 13.5 Å². The average molecular weight is 232 g/mol. The third kappa shape index (κ3) is 3.00. The third-order valence-electron chi connectivity index (χ3n) is 2.64. The van der Waals surface area contributed by atoms with Gasteiger partial charge in [0.05, 0.1) is 0 Å². The van der Waals surface area contributed by atoms with Gasteiger partial charge in [-0.2, -0.15) is 0 Å². The van der Waals surface area contributed by atoms with E-state index >= 15 is 0 Å². The van der Waals surface area contributed by atoms with E-state index < -0.39 is 0 Å². The van der Waals surface area contributed by atoms with Crippen molar-refractivity contribution in [3.63, 3.8) is 0 Å². The molecular weight excluding hydrogens is 216 g/mol. The van der Waals surface area contributed by atoms with Crippen LogP contribution < -0.4 is 5.32 Å². The Hall–Kier alpha value is -1.97. The van der Waals surface area contributed by atoms with Crippen LogP contribution in [0.5, 0.6) is 0 Å². The van der Waals surface area contributed by atoms with Crippen LogP contribution in [-0.2, 0) is 11.3 Å².